The maximum Gasteiger partial charge on any atom is 0.123 e. The van der Waals surface area contributed by atoms with Crippen molar-refractivity contribution < 1.29 is 4.74 Å². The molecule has 0 aliphatic carbocycles. The summed E-state index contributed by atoms with van der Waals surface area (Å²) in [5.74, 6) is 0.590. The summed E-state index contributed by atoms with van der Waals surface area (Å²) in [6, 6.07) is 5.78. The summed E-state index contributed by atoms with van der Waals surface area (Å²) in [6.45, 7) is 6.98. The third-order valence-electron chi connectivity index (χ3n) is 2.71. The second kappa shape index (κ2) is 4.80. The predicted octanol–water partition coefficient (Wildman–Crippen LogP) is 1.27. The Labute approximate surface area is 96.4 Å². The highest BCUT2D eigenvalue weighted by Gasteiger charge is 2.22. The van der Waals surface area contributed by atoms with Gasteiger partial charge in [-0.2, -0.15) is 0 Å². The smallest absolute Gasteiger partial charge is 0.123 e. The fourth-order valence-electron chi connectivity index (χ4n) is 2.23. The largest absolute Gasteiger partial charge is 0.384 e. The van der Waals surface area contributed by atoms with Crippen molar-refractivity contribution in [2.45, 2.75) is 32.6 Å². The van der Waals surface area contributed by atoms with Crippen LogP contribution in [0, 0.1) is 0 Å². The summed E-state index contributed by atoms with van der Waals surface area (Å²) in [5.41, 5.74) is 6.69. The number of nitrogens with two attached hydrogens (primary N) is 1. The Morgan fingerprint density at radius 3 is 2.69 bits per heavy atom. The highest BCUT2D eigenvalue weighted by Crippen LogP contribution is 2.13. The molecule has 1 aromatic rings. The molecule has 0 unspecified atom stereocenters. The van der Waals surface area contributed by atoms with Crippen molar-refractivity contribution in [1.29, 1.82) is 0 Å². The van der Waals surface area contributed by atoms with Gasteiger partial charge in [-0.3, -0.25) is 4.90 Å². The molecule has 4 nitrogen and oxygen atoms in total. The lowest BCUT2D eigenvalue weighted by molar-refractivity contribution is -0.0707. The number of anilines is 1. The number of rotatable bonds is 2. The van der Waals surface area contributed by atoms with E-state index in [1.165, 1.54) is 0 Å². The van der Waals surface area contributed by atoms with Crippen molar-refractivity contribution in [3.8, 4) is 0 Å². The van der Waals surface area contributed by atoms with E-state index in [0.29, 0.717) is 18.0 Å². The molecule has 1 saturated heterocycles. The number of aromatic nitrogens is 1. The third-order valence-corrected chi connectivity index (χ3v) is 2.71. The lowest BCUT2D eigenvalue weighted by atomic mass is 10.2. The first-order chi connectivity index (χ1) is 7.63. The molecule has 0 aromatic carbocycles. The van der Waals surface area contributed by atoms with Crippen LogP contribution >= 0.6 is 0 Å². The molecule has 2 N–H and O–H groups in total. The Balaban J connectivity index is 1.98. The van der Waals surface area contributed by atoms with Gasteiger partial charge in [-0.05, 0) is 26.0 Å². The van der Waals surface area contributed by atoms with Crippen molar-refractivity contribution in [1.82, 2.24) is 9.88 Å². The highest BCUT2D eigenvalue weighted by atomic mass is 16.5. The number of hydrogen-bond donors (Lipinski definition) is 1. The van der Waals surface area contributed by atoms with Gasteiger partial charge in [-0.1, -0.05) is 6.07 Å². The fourth-order valence-corrected chi connectivity index (χ4v) is 2.23. The summed E-state index contributed by atoms with van der Waals surface area (Å²) in [4.78, 5) is 6.67. The maximum absolute atomic E-state index is 5.69. The van der Waals surface area contributed by atoms with E-state index in [9.17, 15) is 0 Å². The second-order valence-corrected chi connectivity index (χ2v) is 4.51. The Morgan fingerprint density at radius 2 is 2.06 bits per heavy atom. The first kappa shape index (κ1) is 11.4. The van der Waals surface area contributed by atoms with Crippen LogP contribution in [-0.4, -0.2) is 35.2 Å². The van der Waals surface area contributed by atoms with Crippen LogP contribution in [0.5, 0.6) is 0 Å². The van der Waals surface area contributed by atoms with E-state index in [1.807, 2.05) is 18.2 Å². The minimum Gasteiger partial charge on any atom is -0.384 e. The molecule has 2 heterocycles. The molecular formula is C12H19N3O. The van der Waals surface area contributed by atoms with E-state index >= 15 is 0 Å². The second-order valence-electron chi connectivity index (χ2n) is 4.51. The minimum absolute atomic E-state index is 0.296. The van der Waals surface area contributed by atoms with E-state index in [-0.39, 0.29) is 0 Å². The topological polar surface area (TPSA) is 51.4 Å². The van der Waals surface area contributed by atoms with E-state index in [0.717, 1.165) is 25.3 Å². The van der Waals surface area contributed by atoms with E-state index < -0.39 is 0 Å². The Hall–Kier alpha value is -1.13. The van der Waals surface area contributed by atoms with Gasteiger partial charge in [-0.15, -0.1) is 0 Å². The molecule has 0 amide bonds. The third kappa shape index (κ3) is 2.93. The van der Waals surface area contributed by atoms with E-state index in [4.69, 9.17) is 10.5 Å². The molecule has 16 heavy (non-hydrogen) atoms. The molecule has 1 aliphatic heterocycles. The van der Waals surface area contributed by atoms with Gasteiger partial charge < -0.3 is 10.5 Å². The zero-order valence-corrected chi connectivity index (χ0v) is 9.89. The Bertz CT molecular complexity index is 346. The molecular weight excluding hydrogens is 202 g/mol. The van der Waals surface area contributed by atoms with Gasteiger partial charge in [0.1, 0.15) is 5.82 Å². The Morgan fingerprint density at radius 1 is 1.38 bits per heavy atom. The summed E-state index contributed by atoms with van der Waals surface area (Å²) < 4.78 is 5.69. The minimum atomic E-state index is 0.296. The van der Waals surface area contributed by atoms with Gasteiger partial charge in [0.25, 0.3) is 0 Å². The van der Waals surface area contributed by atoms with Crippen LogP contribution in [-0.2, 0) is 11.3 Å². The van der Waals surface area contributed by atoms with Crippen LogP contribution in [0.3, 0.4) is 0 Å². The molecule has 0 saturated carbocycles. The average molecular weight is 221 g/mol. The van der Waals surface area contributed by atoms with Crippen LogP contribution in [0.4, 0.5) is 5.82 Å². The van der Waals surface area contributed by atoms with E-state index in [2.05, 4.69) is 23.7 Å². The molecule has 0 spiro atoms. The van der Waals surface area contributed by atoms with Crippen molar-refractivity contribution in [3.63, 3.8) is 0 Å². The van der Waals surface area contributed by atoms with Gasteiger partial charge >= 0.3 is 0 Å². The lowest BCUT2D eigenvalue weighted by Crippen LogP contribution is -2.44. The number of pyridine rings is 1. The van der Waals surface area contributed by atoms with Gasteiger partial charge in [-0.25, -0.2) is 4.98 Å². The number of nitrogen functional groups attached to an aromatic ring is 1. The van der Waals surface area contributed by atoms with Gasteiger partial charge in [0.15, 0.2) is 0 Å². The fraction of sp³-hybridized carbons (Fsp3) is 0.583. The molecule has 2 atom stereocenters. The van der Waals surface area contributed by atoms with Crippen LogP contribution in [0.2, 0.25) is 0 Å². The first-order valence-electron chi connectivity index (χ1n) is 5.72. The molecule has 2 rings (SSSR count). The predicted molar refractivity (Wildman–Crippen MR) is 63.9 cm³/mol. The van der Waals surface area contributed by atoms with Gasteiger partial charge in [0.2, 0.25) is 0 Å². The lowest BCUT2D eigenvalue weighted by Gasteiger charge is -2.35. The summed E-state index contributed by atoms with van der Waals surface area (Å²) in [6.07, 6.45) is 0.592. The van der Waals surface area contributed by atoms with E-state index in [1.54, 1.807) is 0 Å². The molecule has 0 bridgehead atoms. The van der Waals surface area contributed by atoms with Crippen molar-refractivity contribution >= 4 is 5.82 Å². The zero-order chi connectivity index (χ0) is 11.5. The molecule has 0 radical (unpaired) electrons. The number of ether oxygens (including phenoxy) is 1. The molecule has 1 fully saturated rings. The summed E-state index contributed by atoms with van der Waals surface area (Å²) in [5, 5.41) is 0. The van der Waals surface area contributed by atoms with Gasteiger partial charge in [0, 0.05) is 19.6 Å². The average Bonchev–Trinajstić information content (AvgIpc) is 2.15. The normalized spacial score (nSPS) is 26.9. The van der Waals surface area contributed by atoms with Crippen molar-refractivity contribution in [2.24, 2.45) is 0 Å². The molecule has 1 aromatic heterocycles. The highest BCUT2D eigenvalue weighted by molar-refractivity contribution is 5.28. The van der Waals surface area contributed by atoms with Crippen LogP contribution in [0.1, 0.15) is 19.5 Å². The van der Waals surface area contributed by atoms with Crippen LogP contribution in [0.15, 0.2) is 18.2 Å². The quantitative estimate of drug-likeness (QED) is 0.817. The SMILES string of the molecule is C[C@@H]1CN(Cc2cccc(N)n2)C[C@H](C)O1. The van der Waals surface area contributed by atoms with Crippen molar-refractivity contribution in [3.05, 3.63) is 23.9 Å². The summed E-state index contributed by atoms with van der Waals surface area (Å²) >= 11 is 0. The number of hydrogen-bond acceptors (Lipinski definition) is 4. The molecule has 1 aliphatic rings. The van der Waals surface area contributed by atoms with Crippen molar-refractivity contribution in [2.75, 3.05) is 18.8 Å². The summed E-state index contributed by atoms with van der Waals surface area (Å²) in [7, 11) is 0. The van der Waals surface area contributed by atoms with Gasteiger partial charge in [0.05, 0.1) is 17.9 Å². The Kier molecular flexibility index (Phi) is 3.41. The monoisotopic (exact) mass is 221 g/mol. The first-order valence-corrected chi connectivity index (χ1v) is 5.72. The van der Waals surface area contributed by atoms with Crippen LogP contribution in [0.25, 0.3) is 0 Å². The number of morpholine rings is 1. The standard InChI is InChI=1S/C12H19N3O/c1-9-6-15(7-10(2)16-9)8-11-4-3-5-12(13)14-11/h3-5,9-10H,6-8H2,1-2H3,(H2,13,14)/t9-,10+. The molecule has 88 valence electrons. The maximum atomic E-state index is 5.69. The zero-order valence-electron chi connectivity index (χ0n) is 9.89. The number of nitrogens with zero attached hydrogens (tertiary/aromatic N) is 2. The molecule has 4 heteroatoms. The van der Waals surface area contributed by atoms with Crippen LogP contribution < -0.4 is 5.73 Å².